The zero-order valence-electron chi connectivity index (χ0n) is 21.5. The summed E-state index contributed by atoms with van der Waals surface area (Å²) in [6.45, 7) is 6.00. The van der Waals surface area contributed by atoms with Crippen LogP contribution in [0.3, 0.4) is 0 Å². The summed E-state index contributed by atoms with van der Waals surface area (Å²) >= 11 is 0. The molecule has 37 heavy (non-hydrogen) atoms. The number of halogens is 3. The molecule has 2 aromatic rings. The van der Waals surface area contributed by atoms with Crippen LogP contribution < -0.4 is 25.4 Å². The van der Waals surface area contributed by atoms with Gasteiger partial charge in [-0.2, -0.15) is 13.2 Å². The first kappa shape index (κ1) is 28.6. The van der Waals surface area contributed by atoms with Gasteiger partial charge < -0.3 is 30.5 Å². The van der Waals surface area contributed by atoms with Gasteiger partial charge in [0.15, 0.2) is 18.1 Å². The van der Waals surface area contributed by atoms with E-state index in [-0.39, 0.29) is 36.8 Å². The molecule has 0 fully saturated rings. The van der Waals surface area contributed by atoms with Gasteiger partial charge in [-0.25, -0.2) is 0 Å². The molecule has 0 radical (unpaired) electrons. The third-order valence-corrected chi connectivity index (χ3v) is 6.29. The highest BCUT2D eigenvalue weighted by Gasteiger charge is 2.31. The average molecular weight is 524 g/mol. The first-order chi connectivity index (χ1) is 17.5. The summed E-state index contributed by atoms with van der Waals surface area (Å²) in [4.78, 5) is 14.4. The van der Waals surface area contributed by atoms with Crippen molar-refractivity contribution in [3.05, 3.63) is 52.6 Å². The number of nitrogens with one attached hydrogen (secondary N) is 1. The lowest BCUT2D eigenvalue weighted by Gasteiger charge is -2.26. The zero-order valence-corrected chi connectivity index (χ0v) is 21.5. The molecule has 4 N–H and O–H groups in total. The van der Waals surface area contributed by atoms with Gasteiger partial charge in [0.2, 0.25) is 0 Å². The van der Waals surface area contributed by atoms with Crippen molar-refractivity contribution in [1.29, 1.82) is 0 Å². The van der Waals surface area contributed by atoms with Crippen LogP contribution in [0.1, 0.15) is 47.3 Å². The molecule has 0 saturated heterocycles. The summed E-state index contributed by atoms with van der Waals surface area (Å²) in [7, 11) is 0. The molecule has 10 heteroatoms. The van der Waals surface area contributed by atoms with Crippen LogP contribution >= 0.6 is 0 Å². The number of amides is 1. The van der Waals surface area contributed by atoms with Crippen molar-refractivity contribution in [3.63, 3.8) is 0 Å². The van der Waals surface area contributed by atoms with Gasteiger partial charge >= 0.3 is 6.18 Å². The van der Waals surface area contributed by atoms with Gasteiger partial charge in [0, 0.05) is 31.8 Å². The summed E-state index contributed by atoms with van der Waals surface area (Å²) in [5, 5.41) is 12.6. The predicted octanol–water partition coefficient (Wildman–Crippen LogP) is 3.77. The summed E-state index contributed by atoms with van der Waals surface area (Å²) in [6.07, 6.45) is -2.35. The van der Waals surface area contributed by atoms with Crippen LogP contribution in [0.5, 0.6) is 11.5 Å². The van der Waals surface area contributed by atoms with Gasteiger partial charge in [-0.05, 0) is 74.9 Å². The summed E-state index contributed by atoms with van der Waals surface area (Å²) < 4.78 is 48.2. The second-order valence-corrected chi connectivity index (χ2v) is 9.60. The Morgan fingerprint density at radius 1 is 1.24 bits per heavy atom. The maximum Gasteiger partial charge on any atom is 0.422 e. The highest BCUT2D eigenvalue weighted by atomic mass is 19.4. The van der Waals surface area contributed by atoms with Crippen LogP contribution in [0.15, 0.2) is 30.3 Å². The number of nitrogens with zero attached hydrogens (tertiary/aromatic N) is 1. The molecule has 1 heterocycles. The Balaban J connectivity index is 1.58. The predicted molar refractivity (Wildman–Crippen MR) is 137 cm³/mol. The second kappa shape index (κ2) is 12.5. The molecule has 2 aromatic carbocycles. The summed E-state index contributed by atoms with van der Waals surface area (Å²) in [5.41, 5.74) is 10.0. The summed E-state index contributed by atoms with van der Waals surface area (Å²) in [5.74, 6) is -0.157. The van der Waals surface area contributed by atoms with E-state index in [2.05, 4.69) is 23.2 Å². The van der Waals surface area contributed by atoms with Crippen molar-refractivity contribution in [3.8, 4) is 11.5 Å². The number of primary amides is 1. The van der Waals surface area contributed by atoms with Gasteiger partial charge in [0.1, 0.15) is 6.61 Å². The molecule has 0 bridgehead atoms. The van der Waals surface area contributed by atoms with Crippen molar-refractivity contribution in [1.82, 2.24) is 5.32 Å². The standard InChI is InChI=1S/C27H36F3N3O4/c1-17-5-6-23(37-16-27(28,29)30)24(11-17)36-10-7-32-18(2)12-20-14-21-13-19(3)33(8-4-9-34)25(21)22(15-20)26(31)35/h5-6,11,14-15,18-19,32,34H,4,7-10,12-13,16H2,1-3H3,(H2,31,35). The SMILES string of the molecule is Cc1ccc(OCC(F)(F)F)c(OCCNC(C)Cc2cc3c(c(C(N)=O)c2)N(CCCO)C(C)C3)c1. The minimum absolute atomic E-state index is 0.0464. The molecule has 0 aromatic heterocycles. The van der Waals surface area contributed by atoms with Crippen molar-refractivity contribution in [2.24, 2.45) is 5.73 Å². The van der Waals surface area contributed by atoms with E-state index >= 15 is 0 Å². The maximum atomic E-state index is 12.5. The molecule has 204 valence electrons. The van der Waals surface area contributed by atoms with Crippen LogP contribution in [0.4, 0.5) is 18.9 Å². The molecule has 7 nitrogen and oxygen atoms in total. The van der Waals surface area contributed by atoms with Gasteiger partial charge in [0.25, 0.3) is 5.91 Å². The van der Waals surface area contributed by atoms with E-state index in [1.807, 2.05) is 19.9 Å². The van der Waals surface area contributed by atoms with Gasteiger partial charge in [0.05, 0.1) is 11.3 Å². The molecule has 2 unspecified atom stereocenters. The Morgan fingerprint density at radius 3 is 2.68 bits per heavy atom. The number of fused-ring (bicyclic) bond motifs is 1. The molecule has 1 aliphatic rings. The number of ether oxygens (including phenoxy) is 2. The fourth-order valence-electron chi connectivity index (χ4n) is 4.68. The number of benzene rings is 2. The number of hydrogen-bond acceptors (Lipinski definition) is 6. The number of alkyl halides is 3. The third kappa shape index (κ3) is 8.00. The van der Waals surface area contributed by atoms with Gasteiger partial charge in [-0.1, -0.05) is 12.1 Å². The van der Waals surface area contributed by atoms with Crippen molar-refractivity contribution in [2.45, 2.75) is 58.3 Å². The lowest BCUT2D eigenvalue weighted by Crippen LogP contribution is -2.33. The van der Waals surface area contributed by atoms with Crippen LogP contribution in [0, 0.1) is 6.92 Å². The van der Waals surface area contributed by atoms with E-state index in [9.17, 15) is 23.1 Å². The zero-order chi connectivity index (χ0) is 27.2. The minimum atomic E-state index is -4.43. The Hall–Kier alpha value is -2.98. The molecule has 0 spiro atoms. The third-order valence-electron chi connectivity index (χ3n) is 6.29. The molecule has 0 saturated carbocycles. The fourth-order valence-corrected chi connectivity index (χ4v) is 4.68. The number of nitrogens with two attached hydrogens (primary N) is 1. The normalized spacial score (nSPS) is 16.0. The number of rotatable bonds is 13. The van der Waals surface area contributed by atoms with Gasteiger partial charge in [-0.15, -0.1) is 0 Å². The van der Waals surface area contributed by atoms with Crippen LogP contribution in [0.2, 0.25) is 0 Å². The van der Waals surface area contributed by atoms with E-state index in [4.69, 9.17) is 15.2 Å². The smallest absolute Gasteiger partial charge is 0.422 e. The van der Waals surface area contributed by atoms with E-state index in [1.165, 1.54) is 6.07 Å². The Labute approximate surface area is 215 Å². The number of hydrogen-bond donors (Lipinski definition) is 3. The topological polar surface area (TPSA) is 97.1 Å². The molecular formula is C27H36F3N3O4. The molecule has 1 amide bonds. The molecule has 3 rings (SSSR count). The van der Waals surface area contributed by atoms with Crippen LogP contribution in [-0.2, 0) is 12.8 Å². The Morgan fingerprint density at radius 2 is 2.00 bits per heavy atom. The van der Waals surface area contributed by atoms with Crippen molar-refractivity contribution < 1.29 is 32.5 Å². The first-order valence-electron chi connectivity index (χ1n) is 12.5. The number of aliphatic hydroxyl groups excluding tert-OH is 1. The molecule has 1 aliphatic heterocycles. The monoisotopic (exact) mass is 523 g/mol. The van der Waals surface area contributed by atoms with Crippen LogP contribution in [-0.4, -0.2) is 62.2 Å². The quantitative estimate of drug-likeness (QED) is 0.346. The Kier molecular flexibility index (Phi) is 9.67. The Bertz CT molecular complexity index is 1080. The van der Waals surface area contributed by atoms with E-state index in [0.717, 1.165) is 28.8 Å². The second-order valence-electron chi connectivity index (χ2n) is 9.60. The average Bonchev–Trinajstić information content (AvgIpc) is 3.13. The lowest BCUT2D eigenvalue weighted by molar-refractivity contribution is -0.153. The molecule has 0 aliphatic carbocycles. The van der Waals surface area contributed by atoms with Crippen molar-refractivity contribution >= 4 is 11.6 Å². The number of carbonyl (C=O) groups excluding carboxylic acids is 1. The minimum Gasteiger partial charge on any atom is -0.488 e. The fraction of sp³-hybridized carbons (Fsp3) is 0.519. The first-order valence-corrected chi connectivity index (χ1v) is 12.5. The maximum absolute atomic E-state index is 12.5. The van der Waals surface area contributed by atoms with Crippen LogP contribution in [0.25, 0.3) is 0 Å². The van der Waals surface area contributed by atoms with Crippen molar-refractivity contribution in [2.75, 3.05) is 37.8 Å². The van der Waals surface area contributed by atoms with E-state index in [0.29, 0.717) is 31.5 Å². The highest BCUT2D eigenvalue weighted by Crippen LogP contribution is 2.37. The largest absolute Gasteiger partial charge is 0.488 e. The highest BCUT2D eigenvalue weighted by molar-refractivity contribution is 6.00. The van der Waals surface area contributed by atoms with E-state index < -0.39 is 18.7 Å². The number of anilines is 1. The molecular weight excluding hydrogens is 487 g/mol. The van der Waals surface area contributed by atoms with E-state index in [1.54, 1.807) is 12.1 Å². The number of carbonyl (C=O) groups is 1. The van der Waals surface area contributed by atoms with Gasteiger partial charge in [-0.3, -0.25) is 4.79 Å². The number of aliphatic hydroxyl groups is 1. The summed E-state index contributed by atoms with van der Waals surface area (Å²) in [6, 6.07) is 9.01. The lowest BCUT2D eigenvalue weighted by atomic mass is 9.97. The number of aryl methyl sites for hydroxylation is 1. The molecule has 2 atom stereocenters.